The first kappa shape index (κ1) is 21.1. The van der Waals surface area contributed by atoms with E-state index in [1.807, 2.05) is 58.1 Å². The molecule has 0 aromatic carbocycles. The van der Waals surface area contributed by atoms with Crippen LogP contribution in [0.1, 0.15) is 53.0 Å². The quantitative estimate of drug-likeness (QED) is 0.787. The van der Waals surface area contributed by atoms with Crippen LogP contribution in [0.3, 0.4) is 0 Å². The zero-order chi connectivity index (χ0) is 20.2. The average Bonchev–Trinajstić information content (AvgIpc) is 2.62. The van der Waals surface area contributed by atoms with E-state index in [0.717, 1.165) is 16.8 Å². The van der Waals surface area contributed by atoms with Gasteiger partial charge in [-0.05, 0) is 44.6 Å². The van der Waals surface area contributed by atoms with Gasteiger partial charge in [0.05, 0.1) is 5.70 Å². The Labute approximate surface area is 160 Å². The molecule has 148 valence electrons. The van der Waals surface area contributed by atoms with Crippen molar-refractivity contribution in [1.82, 2.24) is 15.4 Å². The summed E-state index contributed by atoms with van der Waals surface area (Å²) < 4.78 is 33.3. The van der Waals surface area contributed by atoms with Gasteiger partial charge in [-0.2, -0.15) is 0 Å². The van der Waals surface area contributed by atoms with Gasteiger partial charge in [-0.3, -0.25) is 5.01 Å². The smallest absolute Gasteiger partial charge is 0.250 e. The second kappa shape index (κ2) is 8.65. The molecule has 0 saturated heterocycles. The van der Waals surface area contributed by atoms with Gasteiger partial charge in [0.1, 0.15) is 11.8 Å². The minimum atomic E-state index is -1.21. The minimum absolute atomic E-state index is 0.0658. The van der Waals surface area contributed by atoms with Crippen LogP contribution in [0.4, 0.5) is 8.78 Å². The maximum absolute atomic E-state index is 14.3. The SMILES string of the molecule is CC.CNN1C=CC(c2cnc(OC3CC(C)(F)C3)c(F)c2)=CC1=C(C)C. The maximum Gasteiger partial charge on any atom is 0.250 e. The molecule has 0 spiro atoms. The van der Waals surface area contributed by atoms with E-state index >= 15 is 0 Å². The highest BCUT2D eigenvalue weighted by molar-refractivity contribution is 5.77. The molecule has 6 heteroatoms. The Bertz CT molecular complexity index is 757. The van der Waals surface area contributed by atoms with Gasteiger partial charge in [0.2, 0.25) is 0 Å². The Kier molecular flexibility index (Phi) is 6.76. The van der Waals surface area contributed by atoms with E-state index in [-0.39, 0.29) is 24.8 Å². The molecule has 0 unspecified atom stereocenters. The van der Waals surface area contributed by atoms with E-state index in [1.165, 1.54) is 13.0 Å². The van der Waals surface area contributed by atoms with Crippen LogP contribution >= 0.6 is 0 Å². The van der Waals surface area contributed by atoms with Crippen molar-refractivity contribution in [3.63, 3.8) is 0 Å². The number of ether oxygens (including phenoxy) is 1. The van der Waals surface area contributed by atoms with Gasteiger partial charge in [0.25, 0.3) is 5.88 Å². The molecule has 2 heterocycles. The van der Waals surface area contributed by atoms with Crippen molar-refractivity contribution in [1.29, 1.82) is 0 Å². The number of aromatic nitrogens is 1. The van der Waals surface area contributed by atoms with Gasteiger partial charge in [0.15, 0.2) is 5.82 Å². The number of pyridine rings is 1. The molecule has 3 rings (SSSR count). The molecule has 27 heavy (non-hydrogen) atoms. The van der Waals surface area contributed by atoms with Crippen LogP contribution in [0.5, 0.6) is 5.88 Å². The zero-order valence-electron chi connectivity index (χ0n) is 16.9. The molecule has 0 radical (unpaired) electrons. The highest BCUT2D eigenvalue weighted by atomic mass is 19.1. The lowest BCUT2D eigenvalue weighted by Crippen LogP contribution is -2.44. The minimum Gasteiger partial charge on any atom is -0.472 e. The molecule has 4 nitrogen and oxygen atoms in total. The summed E-state index contributed by atoms with van der Waals surface area (Å²) in [7, 11) is 1.84. The van der Waals surface area contributed by atoms with E-state index < -0.39 is 11.5 Å². The van der Waals surface area contributed by atoms with Crippen molar-refractivity contribution in [2.75, 3.05) is 7.05 Å². The lowest BCUT2D eigenvalue weighted by atomic mass is 9.81. The Morgan fingerprint density at radius 1 is 1.33 bits per heavy atom. The first-order chi connectivity index (χ1) is 12.8. The van der Waals surface area contributed by atoms with Crippen molar-refractivity contribution in [3.8, 4) is 5.88 Å². The van der Waals surface area contributed by atoms with Crippen molar-refractivity contribution in [2.45, 2.75) is 59.2 Å². The molecule has 0 amide bonds. The molecule has 1 fully saturated rings. The van der Waals surface area contributed by atoms with Crippen LogP contribution in [-0.2, 0) is 0 Å². The van der Waals surface area contributed by atoms with E-state index in [2.05, 4.69) is 10.4 Å². The largest absolute Gasteiger partial charge is 0.472 e. The summed E-state index contributed by atoms with van der Waals surface area (Å²) in [6, 6.07) is 1.41. The monoisotopic (exact) mass is 377 g/mol. The summed E-state index contributed by atoms with van der Waals surface area (Å²) >= 11 is 0. The predicted octanol–water partition coefficient (Wildman–Crippen LogP) is 5.16. The lowest BCUT2D eigenvalue weighted by Gasteiger charge is -2.38. The van der Waals surface area contributed by atoms with Gasteiger partial charge in [-0.1, -0.05) is 19.4 Å². The highest BCUT2D eigenvalue weighted by Crippen LogP contribution is 2.38. The molecule has 1 aliphatic heterocycles. The number of halogens is 2. The summed E-state index contributed by atoms with van der Waals surface area (Å²) in [5, 5.41) is 1.89. The van der Waals surface area contributed by atoms with Crippen LogP contribution in [-0.4, -0.2) is 28.8 Å². The zero-order valence-corrected chi connectivity index (χ0v) is 16.9. The van der Waals surface area contributed by atoms with Crippen molar-refractivity contribution < 1.29 is 13.5 Å². The molecular weight excluding hydrogens is 348 g/mol. The van der Waals surface area contributed by atoms with Crippen molar-refractivity contribution in [2.24, 2.45) is 0 Å². The number of nitrogens with one attached hydrogen (secondary N) is 1. The summed E-state index contributed by atoms with van der Waals surface area (Å²) in [5.41, 5.74) is 5.52. The molecule has 2 aliphatic rings. The topological polar surface area (TPSA) is 37.4 Å². The molecule has 1 N–H and O–H groups in total. The van der Waals surface area contributed by atoms with Crippen LogP contribution < -0.4 is 10.2 Å². The number of rotatable bonds is 4. The number of nitrogens with zero attached hydrogens (tertiary/aromatic N) is 2. The second-order valence-electron chi connectivity index (χ2n) is 6.97. The molecule has 1 aromatic rings. The molecule has 1 aromatic heterocycles. The van der Waals surface area contributed by atoms with Gasteiger partial charge in [-0.25, -0.2) is 19.2 Å². The molecule has 1 saturated carbocycles. The van der Waals surface area contributed by atoms with Gasteiger partial charge < -0.3 is 4.74 Å². The van der Waals surface area contributed by atoms with Crippen molar-refractivity contribution in [3.05, 3.63) is 53.3 Å². The fourth-order valence-corrected chi connectivity index (χ4v) is 3.06. The van der Waals surface area contributed by atoms with Crippen LogP contribution in [0.15, 0.2) is 41.9 Å². The average molecular weight is 377 g/mol. The van der Waals surface area contributed by atoms with Gasteiger partial charge in [0, 0.05) is 37.8 Å². The number of alkyl halides is 1. The number of hydrazine groups is 1. The first-order valence-corrected chi connectivity index (χ1v) is 9.34. The number of allylic oxidation sites excluding steroid dienone is 4. The molecule has 0 bridgehead atoms. The van der Waals surface area contributed by atoms with Gasteiger partial charge >= 0.3 is 0 Å². The normalized spacial score (nSPS) is 23.9. The number of hydrogen-bond donors (Lipinski definition) is 1. The lowest BCUT2D eigenvalue weighted by molar-refractivity contribution is -0.0328. The second-order valence-corrected chi connectivity index (χ2v) is 6.97. The molecular formula is C21H29F2N3O. The first-order valence-electron chi connectivity index (χ1n) is 9.34. The fourth-order valence-electron chi connectivity index (χ4n) is 3.06. The third kappa shape index (κ3) is 4.95. The summed E-state index contributed by atoms with van der Waals surface area (Å²) in [5.74, 6) is -0.599. The molecule has 0 atom stereocenters. The summed E-state index contributed by atoms with van der Waals surface area (Å²) in [6.45, 7) is 9.55. The Morgan fingerprint density at radius 3 is 2.52 bits per heavy atom. The third-order valence-electron chi connectivity index (χ3n) is 4.43. The van der Waals surface area contributed by atoms with E-state index in [1.54, 1.807) is 6.20 Å². The Morgan fingerprint density at radius 2 is 2.00 bits per heavy atom. The van der Waals surface area contributed by atoms with Gasteiger partial charge in [-0.15, -0.1) is 0 Å². The van der Waals surface area contributed by atoms with E-state index in [0.29, 0.717) is 5.56 Å². The Balaban J connectivity index is 0.00000126. The van der Waals surface area contributed by atoms with Crippen LogP contribution in [0.25, 0.3) is 5.57 Å². The van der Waals surface area contributed by atoms with Crippen LogP contribution in [0.2, 0.25) is 0 Å². The third-order valence-corrected chi connectivity index (χ3v) is 4.43. The maximum atomic E-state index is 14.3. The van der Waals surface area contributed by atoms with Crippen molar-refractivity contribution >= 4 is 5.57 Å². The fraction of sp³-hybridized carbons (Fsp3) is 0.476. The standard InChI is InChI=1S/C19H23F2N3O.C2H6/c1-12(2)17-8-13(5-6-24(17)22-4)14-7-16(20)18(23-11-14)25-15-9-19(3,21)10-15;1-2/h5-8,11,15,22H,9-10H2,1-4H3;1-2H3. The van der Waals surface area contributed by atoms with Crippen LogP contribution in [0, 0.1) is 5.82 Å². The molecule has 1 aliphatic carbocycles. The van der Waals surface area contributed by atoms with E-state index in [4.69, 9.17) is 4.74 Å². The predicted molar refractivity (Wildman–Crippen MR) is 105 cm³/mol. The number of hydrogen-bond acceptors (Lipinski definition) is 4. The highest BCUT2D eigenvalue weighted by Gasteiger charge is 2.42. The van der Waals surface area contributed by atoms with E-state index in [9.17, 15) is 8.78 Å². The summed E-state index contributed by atoms with van der Waals surface area (Å²) in [6.07, 6.45) is 7.57. The Hall–Kier alpha value is -2.21. The summed E-state index contributed by atoms with van der Waals surface area (Å²) in [4.78, 5) is 4.09.